The molecular weight excluding hydrogens is 446 g/mol. The van der Waals surface area contributed by atoms with Crippen molar-refractivity contribution in [3.8, 4) is 0 Å². The number of nitrogens with one attached hydrogen (secondary N) is 3. The van der Waals surface area contributed by atoms with Crippen molar-refractivity contribution in [2.24, 2.45) is 5.92 Å². The number of benzene rings is 2. The van der Waals surface area contributed by atoms with Crippen molar-refractivity contribution in [2.45, 2.75) is 25.6 Å². The summed E-state index contributed by atoms with van der Waals surface area (Å²) in [5, 5.41) is 8.22. The van der Waals surface area contributed by atoms with Crippen molar-refractivity contribution >= 4 is 28.0 Å². The molecule has 3 aromatic rings. The largest absolute Gasteiger partial charge is 0.367 e. The van der Waals surface area contributed by atoms with Gasteiger partial charge in [0.25, 0.3) is 0 Å². The first-order valence-electron chi connectivity index (χ1n) is 13.0. The molecule has 1 unspecified atom stereocenters. The number of fused-ring (bicyclic) bond motifs is 2. The van der Waals surface area contributed by atoms with Gasteiger partial charge in [-0.25, -0.2) is 0 Å². The number of nitrogens with zero attached hydrogens (tertiary/aromatic N) is 2. The Labute approximate surface area is 211 Å². The number of hydrogen-bond donors (Lipinski definition) is 3. The fourth-order valence-corrected chi connectivity index (χ4v) is 5.59. The van der Waals surface area contributed by atoms with Gasteiger partial charge in [0.15, 0.2) is 0 Å². The van der Waals surface area contributed by atoms with Gasteiger partial charge in [0.2, 0.25) is 5.91 Å². The lowest BCUT2D eigenvalue weighted by Crippen LogP contribution is -2.48. The smallest absolute Gasteiger partial charge is 0.225 e. The number of amides is 1. The highest BCUT2D eigenvalue weighted by Gasteiger charge is 2.34. The lowest BCUT2D eigenvalue weighted by molar-refractivity contribution is -0.134. The molecule has 6 nitrogen and oxygen atoms in total. The number of H-pyrrole nitrogens is 1. The van der Waals surface area contributed by atoms with E-state index in [1.807, 2.05) is 6.20 Å². The topological polar surface area (TPSA) is 63.4 Å². The molecule has 4 aliphatic rings. The molecule has 1 aromatic heterocycles. The monoisotopic (exact) mass is 477 g/mol. The number of allylic oxidation sites excluding steroid dienone is 2. The first kappa shape index (κ1) is 21.5. The molecule has 0 spiro atoms. The Hall–Kier alpha value is -3.77. The number of piperazine rings is 1. The highest BCUT2D eigenvalue weighted by Crippen LogP contribution is 2.35. The molecule has 1 amide bonds. The summed E-state index contributed by atoms with van der Waals surface area (Å²) in [4.78, 5) is 20.1. The number of aromatic amines is 1. The molecule has 182 valence electrons. The van der Waals surface area contributed by atoms with Crippen molar-refractivity contribution in [1.82, 2.24) is 25.4 Å². The summed E-state index contributed by atoms with van der Waals surface area (Å²) in [7, 11) is 0. The van der Waals surface area contributed by atoms with Gasteiger partial charge in [0.05, 0.1) is 0 Å². The summed E-state index contributed by atoms with van der Waals surface area (Å²) < 4.78 is 0. The summed E-state index contributed by atoms with van der Waals surface area (Å²) in [6.45, 7) is 4.58. The molecule has 36 heavy (non-hydrogen) atoms. The van der Waals surface area contributed by atoms with Crippen LogP contribution < -0.4 is 10.6 Å². The number of carbonyl (C=O) groups is 1. The normalized spacial score (nSPS) is 21.8. The fourth-order valence-electron chi connectivity index (χ4n) is 5.59. The van der Waals surface area contributed by atoms with E-state index >= 15 is 0 Å². The van der Waals surface area contributed by atoms with E-state index in [0.717, 1.165) is 51.1 Å². The van der Waals surface area contributed by atoms with Gasteiger partial charge in [0, 0.05) is 73.9 Å². The Morgan fingerprint density at radius 3 is 2.47 bits per heavy atom. The molecule has 6 heteroatoms. The maximum absolute atomic E-state index is 12.3. The number of rotatable bonds is 5. The van der Waals surface area contributed by atoms with Gasteiger partial charge in [-0.3, -0.25) is 9.69 Å². The van der Waals surface area contributed by atoms with Gasteiger partial charge in [-0.2, -0.15) is 0 Å². The number of hydrogen-bond acceptors (Lipinski definition) is 4. The van der Waals surface area contributed by atoms with Crippen LogP contribution in [0.2, 0.25) is 0 Å². The number of carbonyl (C=O) groups excluding carboxylic acids is 1. The van der Waals surface area contributed by atoms with Gasteiger partial charge in [-0.1, -0.05) is 30.3 Å². The van der Waals surface area contributed by atoms with Crippen LogP contribution in [0, 0.1) is 5.92 Å². The average Bonchev–Trinajstić information content (AvgIpc) is 3.52. The number of aromatic nitrogens is 1. The van der Waals surface area contributed by atoms with Gasteiger partial charge < -0.3 is 20.5 Å². The molecule has 3 N–H and O–H groups in total. The summed E-state index contributed by atoms with van der Waals surface area (Å²) in [5.41, 5.74) is 8.61. The van der Waals surface area contributed by atoms with Crippen molar-refractivity contribution in [1.29, 1.82) is 0 Å². The molecule has 2 fully saturated rings. The zero-order valence-electron chi connectivity index (χ0n) is 20.3. The zero-order chi connectivity index (χ0) is 24.1. The summed E-state index contributed by atoms with van der Waals surface area (Å²) >= 11 is 0. The van der Waals surface area contributed by atoms with Crippen LogP contribution in [0.15, 0.2) is 78.8 Å². The molecule has 3 aliphatic heterocycles. The Morgan fingerprint density at radius 1 is 0.889 bits per heavy atom. The van der Waals surface area contributed by atoms with Crippen molar-refractivity contribution in [2.75, 3.05) is 26.2 Å². The van der Waals surface area contributed by atoms with E-state index < -0.39 is 0 Å². The standard InChI is InChI=1S/C30H31N5O/c36-30(22-5-6-22)35-13-11-34(12-14-35)19-20-1-3-21(4-2-20)25-16-26-27(18-33-29(26)32-17-25)23-7-8-28-24(15-23)9-10-31-28/h1-4,7-10,15-18,22,29,31-33H,5-6,11-14,19H2. The van der Waals surface area contributed by atoms with Crippen LogP contribution in [0.3, 0.4) is 0 Å². The highest BCUT2D eigenvalue weighted by molar-refractivity contribution is 5.92. The molecule has 1 atom stereocenters. The van der Waals surface area contributed by atoms with Crippen LogP contribution in [0.25, 0.3) is 22.0 Å². The lowest BCUT2D eigenvalue weighted by Gasteiger charge is -2.35. The summed E-state index contributed by atoms with van der Waals surface area (Å²) in [6.07, 6.45) is 10.8. The second-order valence-electron chi connectivity index (χ2n) is 10.4. The van der Waals surface area contributed by atoms with E-state index in [4.69, 9.17) is 0 Å². The maximum Gasteiger partial charge on any atom is 0.225 e. The Bertz CT molecular complexity index is 1400. The minimum atomic E-state index is 0.107. The van der Waals surface area contributed by atoms with Crippen molar-refractivity contribution in [3.63, 3.8) is 0 Å². The molecular formula is C30H31N5O. The first-order chi connectivity index (χ1) is 17.7. The predicted octanol–water partition coefficient (Wildman–Crippen LogP) is 4.06. The van der Waals surface area contributed by atoms with Gasteiger partial charge >= 0.3 is 0 Å². The predicted molar refractivity (Wildman–Crippen MR) is 143 cm³/mol. The Morgan fingerprint density at radius 2 is 1.67 bits per heavy atom. The lowest BCUT2D eigenvalue weighted by atomic mass is 9.92. The molecule has 1 aliphatic carbocycles. The van der Waals surface area contributed by atoms with Crippen LogP contribution in [-0.2, 0) is 11.3 Å². The molecule has 1 saturated carbocycles. The van der Waals surface area contributed by atoms with E-state index in [1.54, 1.807) is 0 Å². The van der Waals surface area contributed by atoms with E-state index in [-0.39, 0.29) is 6.17 Å². The quantitative estimate of drug-likeness (QED) is 0.519. The van der Waals surface area contributed by atoms with Crippen LogP contribution in [-0.4, -0.2) is 53.0 Å². The molecule has 1 saturated heterocycles. The van der Waals surface area contributed by atoms with E-state index in [0.29, 0.717) is 11.8 Å². The van der Waals surface area contributed by atoms with Gasteiger partial charge in [-0.15, -0.1) is 0 Å². The van der Waals surface area contributed by atoms with Gasteiger partial charge in [-0.05, 0) is 64.8 Å². The molecule has 4 heterocycles. The number of dihydropyridines is 1. The summed E-state index contributed by atoms with van der Waals surface area (Å²) in [5.74, 6) is 0.706. The SMILES string of the molecule is O=C(C1CC1)N1CCN(Cc2ccc(C3=CNC4NC=C(c5ccc6[nH]ccc6c5)C4=C3)cc2)CC1. The van der Waals surface area contributed by atoms with E-state index in [1.165, 1.54) is 38.8 Å². The summed E-state index contributed by atoms with van der Waals surface area (Å²) in [6, 6.07) is 17.6. The molecule has 0 radical (unpaired) electrons. The minimum absolute atomic E-state index is 0.107. The van der Waals surface area contributed by atoms with Crippen LogP contribution in [0.4, 0.5) is 0 Å². The molecule has 0 bridgehead atoms. The van der Waals surface area contributed by atoms with E-state index in [2.05, 4.69) is 92.4 Å². The first-order valence-corrected chi connectivity index (χ1v) is 13.0. The van der Waals surface area contributed by atoms with Crippen LogP contribution in [0.1, 0.15) is 29.5 Å². The second-order valence-corrected chi connectivity index (χ2v) is 10.4. The Balaban J connectivity index is 1.03. The van der Waals surface area contributed by atoms with Crippen LogP contribution >= 0.6 is 0 Å². The third-order valence-corrected chi connectivity index (χ3v) is 7.90. The van der Waals surface area contributed by atoms with Crippen molar-refractivity contribution < 1.29 is 4.79 Å². The van der Waals surface area contributed by atoms with Crippen LogP contribution in [0.5, 0.6) is 0 Å². The maximum atomic E-state index is 12.3. The third-order valence-electron chi connectivity index (χ3n) is 7.90. The highest BCUT2D eigenvalue weighted by atomic mass is 16.2. The molecule has 2 aromatic carbocycles. The van der Waals surface area contributed by atoms with E-state index in [9.17, 15) is 4.79 Å². The zero-order valence-corrected chi connectivity index (χ0v) is 20.3. The second kappa shape index (κ2) is 8.71. The average molecular weight is 478 g/mol. The molecule has 7 rings (SSSR count). The Kier molecular flexibility index (Phi) is 5.21. The third kappa shape index (κ3) is 4.01. The van der Waals surface area contributed by atoms with Crippen molar-refractivity contribution in [3.05, 3.63) is 95.5 Å². The fraction of sp³-hybridized carbons (Fsp3) is 0.300. The van der Waals surface area contributed by atoms with Gasteiger partial charge in [0.1, 0.15) is 6.17 Å². The minimum Gasteiger partial charge on any atom is -0.367 e.